The number of halogens is 3. The lowest BCUT2D eigenvalue weighted by Gasteiger charge is -2.25. The number of nitrogens with zero attached hydrogens (tertiary/aromatic N) is 10. The van der Waals surface area contributed by atoms with E-state index in [0.29, 0.717) is 56.0 Å². The number of rotatable bonds is 28. The highest BCUT2D eigenvalue weighted by Crippen LogP contribution is 2.22. The summed E-state index contributed by atoms with van der Waals surface area (Å²) in [6.45, 7) is 2.79. The van der Waals surface area contributed by atoms with Crippen molar-refractivity contribution in [3.05, 3.63) is 105 Å². The molecule has 0 aromatic carbocycles. The Labute approximate surface area is 433 Å². The van der Waals surface area contributed by atoms with Crippen LogP contribution in [-0.2, 0) is 64.0 Å². The average molecular weight is 1030 g/mol. The maximum Gasteiger partial charge on any atom is 0.320 e. The van der Waals surface area contributed by atoms with Crippen LogP contribution in [0.1, 0.15) is 115 Å². The van der Waals surface area contributed by atoms with Gasteiger partial charge in [0.2, 0.25) is 5.28 Å². The van der Waals surface area contributed by atoms with Crippen LogP contribution < -0.4 is 5.73 Å². The highest BCUT2D eigenvalue weighted by Gasteiger charge is 2.23. The second-order valence-corrected chi connectivity index (χ2v) is 18.8. The van der Waals surface area contributed by atoms with Crippen molar-refractivity contribution in [1.82, 2.24) is 39.7 Å². The van der Waals surface area contributed by atoms with Gasteiger partial charge in [-0.25, -0.2) is 28.7 Å². The van der Waals surface area contributed by atoms with Gasteiger partial charge in [-0.05, 0) is 157 Å². The molecule has 0 radical (unpaired) electrons. The van der Waals surface area contributed by atoms with Crippen molar-refractivity contribution in [3.63, 3.8) is 0 Å². The minimum absolute atomic E-state index is 0.0109. The summed E-state index contributed by atoms with van der Waals surface area (Å²) in [6, 6.07) is 11.6. The third-order valence-corrected chi connectivity index (χ3v) is 12.8. The molecule has 396 valence electrons. The van der Waals surface area contributed by atoms with Gasteiger partial charge in [-0.15, -0.1) is 0 Å². The minimum Gasteiger partial charge on any atom is -0.481 e. The molecule has 4 heterocycles. The Bertz CT molecular complexity index is 2340. The molecule has 4 atom stereocenters. The number of fused-ring (bicyclic) bond motifs is 2. The molecule has 0 bridgehead atoms. The van der Waals surface area contributed by atoms with E-state index in [4.69, 9.17) is 52.4 Å². The van der Waals surface area contributed by atoms with E-state index in [-0.39, 0.29) is 38.0 Å². The van der Waals surface area contributed by atoms with Crippen molar-refractivity contribution in [2.24, 2.45) is 11.7 Å². The first-order valence-electron chi connectivity index (χ1n) is 25.3. The van der Waals surface area contributed by atoms with E-state index < -0.39 is 36.2 Å². The van der Waals surface area contributed by atoms with Gasteiger partial charge in [0.05, 0.1) is 30.3 Å². The van der Waals surface area contributed by atoms with E-state index in [9.17, 15) is 23.5 Å². The molecular formula is C53H72ClF2N11O6. The number of carboxylic acids is 2. The minimum atomic E-state index is -1.14. The predicted octanol–water partition coefficient (Wildman–Crippen LogP) is 6.94. The molecule has 0 unspecified atom stereocenters. The molecule has 0 saturated heterocycles. The number of nitriles is 2. The molecule has 0 fully saturated rings. The van der Waals surface area contributed by atoms with Crippen LogP contribution in [0.15, 0.2) is 49.1 Å². The van der Waals surface area contributed by atoms with Crippen LogP contribution in [0, 0.1) is 28.6 Å². The van der Waals surface area contributed by atoms with Crippen molar-refractivity contribution in [2.45, 2.75) is 128 Å². The van der Waals surface area contributed by atoms with Crippen LogP contribution in [0.3, 0.4) is 0 Å². The molecule has 4 aromatic rings. The summed E-state index contributed by atoms with van der Waals surface area (Å²) in [7, 11) is 2.95. The number of aromatic nitrogens is 6. The lowest BCUT2D eigenvalue weighted by molar-refractivity contribution is -0.142. The summed E-state index contributed by atoms with van der Waals surface area (Å²) in [4.78, 5) is 51.7. The zero-order valence-electron chi connectivity index (χ0n) is 42.3. The van der Waals surface area contributed by atoms with Gasteiger partial charge < -0.3 is 35.2 Å². The number of nitrogens with two attached hydrogens (primary N) is 1. The third-order valence-electron chi connectivity index (χ3n) is 12.6. The van der Waals surface area contributed by atoms with Gasteiger partial charge in [0, 0.05) is 87.8 Å². The maximum atomic E-state index is 14.3. The number of aliphatic carboxylic acids is 2. The molecule has 4 N–H and O–H groups in total. The summed E-state index contributed by atoms with van der Waals surface area (Å²) < 4.78 is 38.1. The number of pyridine rings is 2. The van der Waals surface area contributed by atoms with E-state index in [1.807, 2.05) is 21.9 Å². The number of hydrogen-bond donors (Lipinski definition) is 3. The molecule has 2 aliphatic carbocycles. The van der Waals surface area contributed by atoms with Crippen molar-refractivity contribution < 1.29 is 38.1 Å². The zero-order chi connectivity index (χ0) is 52.8. The Morgan fingerprint density at radius 2 is 1.14 bits per heavy atom. The third kappa shape index (κ3) is 23.4. The molecule has 17 nitrogen and oxygen atoms in total. The van der Waals surface area contributed by atoms with E-state index in [1.165, 1.54) is 87.2 Å². The normalized spacial score (nSPS) is 14.4. The van der Waals surface area contributed by atoms with Gasteiger partial charge in [0.1, 0.15) is 36.3 Å². The van der Waals surface area contributed by atoms with Gasteiger partial charge in [-0.3, -0.25) is 19.6 Å². The Morgan fingerprint density at radius 1 is 0.685 bits per heavy atom. The second-order valence-electron chi connectivity index (χ2n) is 18.5. The highest BCUT2D eigenvalue weighted by molar-refractivity contribution is 6.28. The van der Waals surface area contributed by atoms with Gasteiger partial charge >= 0.3 is 11.9 Å². The predicted molar refractivity (Wildman–Crippen MR) is 272 cm³/mol. The van der Waals surface area contributed by atoms with E-state index in [0.717, 1.165) is 75.6 Å². The molecule has 0 saturated carbocycles. The number of methoxy groups -OCH3 is 2. The van der Waals surface area contributed by atoms with Gasteiger partial charge in [0.25, 0.3) is 0 Å². The number of carboxylic acid groups (broad SMARTS) is 2. The number of hydrogen-bond acceptors (Lipinski definition) is 15. The monoisotopic (exact) mass is 1030 g/mol. The fourth-order valence-electron chi connectivity index (χ4n) is 8.64. The van der Waals surface area contributed by atoms with Crippen LogP contribution in [0.4, 0.5) is 8.78 Å². The number of ether oxygens (including phenoxy) is 2. The fraction of sp³-hybridized carbons (Fsp3) is 0.585. The number of alkyl halides is 2. The summed E-state index contributed by atoms with van der Waals surface area (Å²) in [5.41, 5.74) is 13.8. The number of unbranched alkanes of at least 4 members (excludes halogenated alkanes) is 2. The maximum absolute atomic E-state index is 14.3. The molecule has 0 amide bonds. The van der Waals surface area contributed by atoms with Crippen molar-refractivity contribution >= 4 is 23.5 Å². The van der Waals surface area contributed by atoms with Crippen molar-refractivity contribution in [1.29, 1.82) is 10.5 Å². The Morgan fingerprint density at radius 3 is 1.58 bits per heavy atom. The summed E-state index contributed by atoms with van der Waals surface area (Å²) >= 11 is 5.34. The van der Waals surface area contributed by atoms with Crippen LogP contribution in [0.2, 0.25) is 5.28 Å². The smallest absolute Gasteiger partial charge is 0.320 e. The van der Waals surface area contributed by atoms with Crippen molar-refractivity contribution in [2.75, 3.05) is 66.7 Å². The molecule has 4 aromatic heterocycles. The summed E-state index contributed by atoms with van der Waals surface area (Å²) in [6.07, 6.45) is 18.9. The lowest BCUT2D eigenvalue weighted by atomic mass is 9.95. The quantitative estimate of drug-likeness (QED) is 0.0385. The average Bonchev–Trinajstić information content (AvgIpc) is 3.39. The molecule has 73 heavy (non-hydrogen) atoms. The molecule has 0 spiro atoms. The van der Waals surface area contributed by atoms with E-state index in [1.54, 1.807) is 0 Å². The van der Waals surface area contributed by atoms with Gasteiger partial charge in [-0.2, -0.15) is 10.5 Å². The molecule has 6 rings (SSSR count). The standard InChI is InChI=1S/C27H36FN5O3.C21H34FN3O3.C5H2ClN3/c1-36-19-23(28)18-33(12-5-4-7-24-10-9-21-6-2-3-8-25(21)32-24)13-11-22(27(34)35)14-26-30-16-20(15-29)17-31-26;1-28-15-17(22)14-25(13-11-19(23)21(26)27)12-5-4-7-18-10-9-16-6-2-3-8-20(16)24-18;6-5-8-2-4(1-7)3-9-5/h9-10,16-17,22-23H,2-8,11-14,18-19H2,1H3,(H,34,35);9-10,17,19H,2-8,11-15,23H2,1H3,(H,26,27);2-3H/t22-,23+;17-,19-;/m10./s1. The molecule has 20 heteroatoms. The van der Waals surface area contributed by atoms with Gasteiger partial charge in [0.15, 0.2) is 0 Å². The Kier molecular flexibility index (Phi) is 27.8. The second kappa shape index (κ2) is 33.9. The lowest BCUT2D eigenvalue weighted by Crippen LogP contribution is -2.39. The number of carbonyl (C=O) groups is 2. The van der Waals surface area contributed by atoms with Crippen LogP contribution in [-0.4, -0.2) is 147 Å². The Hall–Kier alpha value is -5.67. The molecule has 2 aliphatic rings. The Balaban J connectivity index is 0.000000275. The van der Waals surface area contributed by atoms with Gasteiger partial charge in [-0.1, -0.05) is 12.1 Å². The fourth-order valence-corrected chi connectivity index (χ4v) is 8.73. The molecule has 0 aliphatic heterocycles. The van der Waals surface area contributed by atoms with E-state index >= 15 is 0 Å². The zero-order valence-corrected chi connectivity index (χ0v) is 43.1. The topological polar surface area (TPSA) is 250 Å². The number of aryl methyl sites for hydroxylation is 6. The van der Waals surface area contributed by atoms with Crippen LogP contribution >= 0.6 is 11.6 Å². The molecular weight excluding hydrogens is 960 g/mol. The first kappa shape index (κ1) is 59.9. The summed E-state index contributed by atoms with van der Waals surface area (Å²) in [5, 5.41) is 36.0. The first-order valence-corrected chi connectivity index (χ1v) is 25.6. The first-order chi connectivity index (χ1) is 35.3. The highest BCUT2D eigenvalue weighted by atomic mass is 35.5. The van der Waals surface area contributed by atoms with Crippen LogP contribution in [0.5, 0.6) is 0 Å². The van der Waals surface area contributed by atoms with Crippen LogP contribution in [0.25, 0.3) is 0 Å². The largest absolute Gasteiger partial charge is 0.481 e. The summed E-state index contributed by atoms with van der Waals surface area (Å²) in [5.74, 6) is -2.27. The van der Waals surface area contributed by atoms with Crippen molar-refractivity contribution in [3.8, 4) is 12.1 Å². The SMILES string of the molecule is COC[C@@H](F)CN(CCCCc1ccc2c(n1)CCCC2)CC[C@H](Cc1ncc(C#N)cn1)C(=O)O.COC[C@@H](F)CN(CCCCc1ccc2c(n1)CCCC2)CC[C@H](N)C(=O)O.N#Cc1cnc(Cl)nc1. The van der Waals surface area contributed by atoms with E-state index in [2.05, 4.69) is 44.2 Å².